The standard InChI is InChI=1S/C8H7BrO3/c9-6-3-1-2-5(4-6)7(10)8(11)12/h1-4,7,10H,(H,11,12)/p-1/t7-/m0/s1. The van der Waals surface area contributed by atoms with Crippen LogP contribution in [-0.2, 0) is 4.79 Å². The van der Waals surface area contributed by atoms with E-state index in [1.165, 1.54) is 12.1 Å². The van der Waals surface area contributed by atoms with Gasteiger partial charge in [0, 0.05) is 4.47 Å². The van der Waals surface area contributed by atoms with Gasteiger partial charge in [0.05, 0.1) is 5.97 Å². The summed E-state index contributed by atoms with van der Waals surface area (Å²) in [6, 6.07) is 6.43. The van der Waals surface area contributed by atoms with Crippen molar-refractivity contribution >= 4 is 21.9 Å². The summed E-state index contributed by atoms with van der Waals surface area (Å²) in [5.41, 5.74) is 0.310. The SMILES string of the molecule is O=C([O-])[C@@H](O)c1cccc(Br)c1. The summed E-state index contributed by atoms with van der Waals surface area (Å²) in [6.07, 6.45) is -1.55. The molecule has 0 aliphatic rings. The summed E-state index contributed by atoms with van der Waals surface area (Å²) in [5.74, 6) is -1.49. The molecule has 1 aromatic carbocycles. The zero-order valence-electron chi connectivity index (χ0n) is 6.03. The van der Waals surface area contributed by atoms with E-state index in [1.807, 2.05) is 0 Å². The number of aliphatic hydroxyl groups excluding tert-OH is 1. The van der Waals surface area contributed by atoms with Gasteiger partial charge in [-0.2, -0.15) is 0 Å². The Kier molecular flexibility index (Phi) is 2.83. The second-order valence-corrected chi connectivity index (χ2v) is 3.19. The Morgan fingerprint density at radius 3 is 2.75 bits per heavy atom. The normalized spacial score (nSPS) is 12.5. The van der Waals surface area contributed by atoms with Crippen LogP contribution in [0.15, 0.2) is 28.7 Å². The second-order valence-electron chi connectivity index (χ2n) is 2.28. The van der Waals surface area contributed by atoms with E-state index < -0.39 is 12.1 Å². The number of halogens is 1. The van der Waals surface area contributed by atoms with Gasteiger partial charge in [0.2, 0.25) is 0 Å². The molecule has 0 heterocycles. The quantitative estimate of drug-likeness (QED) is 0.791. The third-order valence-corrected chi connectivity index (χ3v) is 1.88. The first-order valence-corrected chi connectivity index (χ1v) is 4.05. The smallest absolute Gasteiger partial charge is 0.118 e. The third-order valence-electron chi connectivity index (χ3n) is 1.39. The summed E-state index contributed by atoms with van der Waals surface area (Å²) in [7, 11) is 0. The molecule has 3 nitrogen and oxygen atoms in total. The fraction of sp³-hybridized carbons (Fsp3) is 0.125. The van der Waals surface area contributed by atoms with Crippen molar-refractivity contribution in [3.8, 4) is 0 Å². The fourth-order valence-electron chi connectivity index (χ4n) is 0.813. The first-order chi connectivity index (χ1) is 5.61. The van der Waals surface area contributed by atoms with Crippen molar-refractivity contribution in [2.45, 2.75) is 6.10 Å². The molecule has 1 N–H and O–H groups in total. The molecule has 12 heavy (non-hydrogen) atoms. The number of hydrogen-bond donors (Lipinski definition) is 1. The van der Waals surface area contributed by atoms with Gasteiger partial charge in [-0.3, -0.25) is 0 Å². The Morgan fingerprint density at radius 1 is 1.58 bits per heavy atom. The number of rotatable bonds is 2. The maximum absolute atomic E-state index is 10.2. The van der Waals surface area contributed by atoms with Crippen molar-refractivity contribution in [3.63, 3.8) is 0 Å². The van der Waals surface area contributed by atoms with E-state index in [0.717, 1.165) is 4.47 Å². The molecule has 1 atom stereocenters. The molecule has 0 aliphatic carbocycles. The first kappa shape index (κ1) is 9.22. The molecule has 0 spiro atoms. The van der Waals surface area contributed by atoms with Crippen molar-refractivity contribution in [1.82, 2.24) is 0 Å². The maximum Gasteiger partial charge on any atom is 0.118 e. The lowest BCUT2D eigenvalue weighted by atomic mass is 10.1. The van der Waals surface area contributed by atoms with Crippen molar-refractivity contribution in [3.05, 3.63) is 34.3 Å². The van der Waals surface area contributed by atoms with Crippen LogP contribution < -0.4 is 5.11 Å². The van der Waals surface area contributed by atoms with Gasteiger partial charge >= 0.3 is 0 Å². The van der Waals surface area contributed by atoms with E-state index in [-0.39, 0.29) is 0 Å². The van der Waals surface area contributed by atoms with Gasteiger partial charge in [0.25, 0.3) is 0 Å². The number of carboxylic acids is 1. The minimum absolute atomic E-state index is 0.310. The molecule has 0 amide bonds. The highest BCUT2D eigenvalue weighted by Gasteiger charge is 2.07. The summed E-state index contributed by atoms with van der Waals surface area (Å²) in [6.45, 7) is 0. The van der Waals surface area contributed by atoms with Crippen LogP contribution in [0.1, 0.15) is 11.7 Å². The van der Waals surface area contributed by atoms with Gasteiger partial charge in [0.15, 0.2) is 0 Å². The lowest BCUT2D eigenvalue weighted by Gasteiger charge is -2.11. The average molecular weight is 230 g/mol. The molecule has 1 aromatic rings. The predicted molar refractivity (Wildman–Crippen MR) is 44.1 cm³/mol. The Hall–Kier alpha value is -0.870. The van der Waals surface area contributed by atoms with Crippen LogP contribution in [0.5, 0.6) is 0 Å². The third kappa shape index (κ3) is 2.06. The number of benzene rings is 1. The van der Waals surface area contributed by atoms with Crippen LogP contribution in [0.25, 0.3) is 0 Å². The van der Waals surface area contributed by atoms with Crippen molar-refractivity contribution in [1.29, 1.82) is 0 Å². The largest absolute Gasteiger partial charge is 0.547 e. The summed E-state index contributed by atoms with van der Waals surface area (Å²) in [4.78, 5) is 10.2. The fourth-order valence-corrected chi connectivity index (χ4v) is 1.23. The van der Waals surface area contributed by atoms with E-state index in [4.69, 9.17) is 5.11 Å². The molecule has 0 aliphatic heterocycles. The van der Waals surface area contributed by atoms with E-state index >= 15 is 0 Å². The van der Waals surface area contributed by atoms with Crippen LogP contribution >= 0.6 is 15.9 Å². The topological polar surface area (TPSA) is 60.4 Å². The zero-order chi connectivity index (χ0) is 9.14. The highest BCUT2D eigenvalue weighted by molar-refractivity contribution is 9.10. The van der Waals surface area contributed by atoms with Gasteiger partial charge in [-0.1, -0.05) is 28.1 Å². The molecule has 0 radical (unpaired) electrons. The van der Waals surface area contributed by atoms with E-state index in [2.05, 4.69) is 15.9 Å². The molecular weight excluding hydrogens is 224 g/mol. The van der Waals surface area contributed by atoms with Crippen LogP contribution in [-0.4, -0.2) is 11.1 Å². The van der Waals surface area contributed by atoms with Crippen LogP contribution in [0.4, 0.5) is 0 Å². The van der Waals surface area contributed by atoms with Crippen molar-refractivity contribution in [2.24, 2.45) is 0 Å². The Bertz CT molecular complexity index is 298. The zero-order valence-corrected chi connectivity index (χ0v) is 7.61. The Labute approximate surface area is 77.8 Å². The first-order valence-electron chi connectivity index (χ1n) is 3.25. The average Bonchev–Trinajstić information content (AvgIpc) is 2.03. The number of aliphatic carboxylic acids is 1. The van der Waals surface area contributed by atoms with Crippen molar-refractivity contribution in [2.75, 3.05) is 0 Å². The minimum Gasteiger partial charge on any atom is -0.547 e. The number of carbonyl (C=O) groups is 1. The number of carboxylic acid groups (broad SMARTS) is 1. The number of aliphatic hydroxyl groups is 1. The predicted octanol–water partition coefficient (Wildman–Crippen LogP) is 0.232. The highest BCUT2D eigenvalue weighted by atomic mass is 79.9. The molecule has 0 saturated heterocycles. The van der Waals surface area contributed by atoms with Crippen LogP contribution in [0.3, 0.4) is 0 Å². The molecule has 1 rings (SSSR count). The maximum atomic E-state index is 10.2. The Morgan fingerprint density at radius 2 is 2.25 bits per heavy atom. The summed E-state index contributed by atoms with van der Waals surface area (Å²) in [5, 5.41) is 19.3. The monoisotopic (exact) mass is 229 g/mol. The van der Waals surface area contributed by atoms with Crippen molar-refractivity contribution < 1.29 is 15.0 Å². The van der Waals surface area contributed by atoms with Crippen LogP contribution in [0.2, 0.25) is 0 Å². The summed E-state index contributed by atoms with van der Waals surface area (Å²) < 4.78 is 0.723. The van der Waals surface area contributed by atoms with Gasteiger partial charge < -0.3 is 15.0 Å². The van der Waals surface area contributed by atoms with E-state index in [0.29, 0.717) is 5.56 Å². The molecular formula is C8H6BrO3-. The molecule has 0 saturated carbocycles. The van der Waals surface area contributed by atoms with E-state index in [9.17, 15) is 9.90 Å². The van der Waals surface area contributed by atoms with Gasteiger partial charge in [0.1, 0.15) is 6.10 Å². The lowest BCUT2D eigenvalue weighted by molar-refractivity contribution is -0.315. The number of hydrogen-bond acceptors (Lipinski definition) is 3. The molecule has 4 heteroatoms. The molecule has 0 unspecified atom stereocenters. The van der Waals surface area contributed by atoms with Gasteiger partial charge in [-0.15, -0.1) is 0 Å². The second kappa shape index (κ2) is 3.69. The molecule has 0 aromatic heterocycles. The molecule has 64 valence electrons. The molecule has 0 fully saturated rings. The summed E-state index contributed by atoms with van der Waals surface area (Å²) >= 11 is 3.16. The van der Waals surface area contributed by atoms with Gasteiger partial charge in [-0.05, 0) is 17.7 Å². The minimum atomic E-state index is -1.55. The highest BCUT2D eigenvalue weighted by Crippen LogP contribution is 2.17. The van der Waals surface area contributed by atoms with E-state index in [1.54, 1.807) is 12.1 Å². The van der Waals surface area contributed by atoms with Crippen LogP contribution in [0, 0.1) is 0 Å². The Balaban J connectivity index is 2.95. The van der Waals surface area contributed by atoms with Gasteiger partial charge in [-0.25, -0.2) is 0 Å². The molecule has 0 bridgehead atoms. The number of carbonyl (C=O) groups excluding carboxylic acids is 1. The lowest BCUT2D eigenvalue weighted by Crippen LogP contribution is -2.29.